The Morgan fingerprint density at radius 3 is 2.65 bits per heavy atom. The molecule has 0 bridgehead atoms. The lowest BCUT2D eigenvalue weighted by molar-refractivity contribution is 0.377. The van der Waals surface area contributed by atoms with Crippen LogP contribution in [0.4, 0.5) is 8.78 Å². The molecule has 2 N–H and O–H groups in total. The maximum Gasteiger partial charge on any atom is 0.172 e. The Kier molecular flexibility index (Phi) is 6.76. The monoisotopic (exact) mass is 263 g/mol. The van der Waals surface area contributed by atoms with Crippen LogP contribution >= 0.6 is 12.4 Å². The summed E-state index contributed by atoms with van der Waals surface area (Å²) in [5.41, 5.74) is 5.60. The van der Waals surface area contributed by atoms with Gasteiger partial charge >= 0.3 is 0 Å². The van der Waals surface area contributed by atoms with Gasteiger partial charge in [0.25, 0.3) is 0 Å². The Labute approximate surface area is 106 Å². The van der Waals surface area contributed by atoms with Gasteiger partial charge in [0.15, 0.2) is 11.6 Å². The third-order valence-electron chi connectivity index (χ3n) is 2.36. The van der Waals surface area contributed by atoms with Crippen molar-refractivity contribution in [2.75, 3.05) is 7.11 Å². The van der Waals surface area contributed by atoms with E-state index in [-0.39, 0.29) is 23.7 Å². The van der Waals surface area contributed by atoms with E-state index in [0.717, 1.165) is 6.07 Å². The van der Waals surface area contributed by atoms with Gasteiger partial charge in [0, 0.05) is 11.6 Å². The van der Waals surface area contributed by atoms with E-state index >= 15 is 0 Å². The van der Waals surface area contributed by atoms with Crippen LogP contribution in [0.1, 0.15) is 24.4 Å². The second-order valence-electron chi connectivity index (χ2n) is 3.45. The highest BCUT2D eigenvalue weighted by molar-refractivity contribution is 5.85. The number of rotatable bonds is 5. The number of halogens is 3. The molecule has 2 nitrogen and oxygen atoms in total. The van der Waals surface area contributed by atoms with Crippen molar-refractivity contribution < 1.29 is 13.5 Å². The fraction of sp³-hybridized carbons (Fsp3) is 0.333. The molecule has 1 rings (SSSR count). The summed E-state index contributed by atoms with van der Waals surface area (Å²) in [5.74, 6) is -1.36. The molecule has 0 radical (unpaired) electrons. The second-order valence-corrected chi connectivity index (χ2v) is 3.45. The number of ether oxygens (including phenoxy) is 1. The molecule has 0 saturated carbocycles. The van der Waals surface area contributed by atoms with E-state index in [1.54, 1.807) is 6.08 Å². The predicted octanol–water partition coefficient (Wildman–Crippen LogP) is 3.36. The minimum absolute atomic E-state index is 0. The van der Waals surface area contributed by atoms with E-state index in [9.17, 15) is 8.78 Å². The Hall–Kier alpha value is -1.13. The van der Waals surface area contributed by atoms with Crippen molar-refractivity contribution >= 4 is 12.4 Å². The first-order valence-electron chi connectivity index (χ1n) is 5.00. The first kappa shape index (κ1) is 15.9. The number of methoxy groups -OCH3 is 1. The molecule has 0 saturated heterocycles. The van der Waals surface area contributed by atoms with Crippen LogP contribution in [-0.4, -0.2) is 7.11 Å². The molecule has 0 aliphatic carbocycles. The molecular formula is C12H16ClF2NO. The molecule has 1 aromatic rings. The zero-order valence-electron chi connectivity index (χ0n) is 9.58. The summed E-state index contributed by atoms with van der Waals surface area (Å²) in [4.78, 5) is 0. The van der Waals surface area contributed by atoms with Crippen LogP contribution < -0.4 is 10.5 Å². The molecular weight excluding hydrogens is 248 g/mol. The number of hydrogen-bond donors (Lipinski definition) is 1. The lowest BCUT2D eigenvalue weighted by Crippen LogP contribution is -2.14. The first-order chi connectivity index (χ1) is 7.61. The van der Waals surface area contributed by atoms with Crippen molar-refractivity contribution in [1.29, 1.82) is 0 Å². The molecule has 1 atom stereocenters. The third-order valence-corrected chi connectivity index (χ3v) is 2.36. The van der Waals surface area contributed by atoms with E-state index in [1.807, 2.05) is 0 Å². The minimum Gasteiger partial charge on any atom is -0.494 e. The topological polar surface area (TPSA) is 35.2 Å². The highest BCUT2D eigenvalue weighted by Gasteiger charge is 2.19. The smallest absolute Gasteiger partial charge is 0.172 e. The van der Waals surface area contributed by atoms with Gasteiger partial charge in [-0.05, 0) is 25.0 Å². The van der Waals surface area contributed by atoms with Crippen molar-refractivity contribution in [3.63, 3.8) is 0 Å². The van der Waals surface area contributed by atoms with E-state index in [1.165, 1.54) is 13.2 Å². The molecule has 0 unspecified atom stereocenters. The SMILES string of the molecule is C=CCC[C@H](N)c1c(F)ccc(OC)c1F.Cl. The molecule has 17 heavy (non-hydrogen) atoms. The lowest BCUT2D eigenvalue weighted by Gasteiger charge is -2.14. The largest absolute Gasteiger partial charge is 0.494 e. The maximum atomic E-state index is 13.7. The predicted molar refractivity (Wildman–Crippen MR) is 66.5 cm³/mol. The molecule has 1 aromatic carbocycles. The second kappa shape index (κ2) is 7.25. The van der Waals surface area contributed by atoms with Crippen molar-refractivity contribution in [2.24, 2.45) is 5.73 Å². The summed E-state index contributed by atoms with van der Waals surface area (Å²) in [6, 6.07) is 1.72. The van der Waals surface area contributed by atoms with Crippen molar-refractivity contribution in [3.8, 4) is 5.75 Å². The Bertz CT molecular complexity index is 385. The fourth-order valence-electron chi connectivity index (χ4n) is 1.49. The first-order valence-corrected chi connectivity index (χ1v) is 5.00. The standard InChI is InChI=1S/C12H15F2NO.ClH/c1-3-4-5-9(15)11-8(13)6-7-10(16-2)12(11)14;/h3,6-7,9H,1,4-5,15H2,2H3;1H/t9-;/m0./s1. The van der Waals surface area contributed by atoms with Crippen LogP contribution in [-0.2, 0) is 0 Å². The molecule has 0 spiro atoms. The summed E-state index contributed by atoms with van der Waals surface area (Å²) >= 11 is 0. The van der Waals surface area contributed by atoms with E-state index in [0.29, 0.717) is 12.8 Å². The molecule has 0 aliphatic rings. The van der Waals surface area contributed by atoms with E-state index in [4.69, 9.17) is 10.5 Å². The average molecular weight is 264 g/mol. The summed E-state index contributed by atoms with van der Waals surface area (Å²) < 4.78 is 32.0. The van der Waals surface area contributed by atoms with Gasteiger partial charge in [0.1, 0.15) is 5.82 Å². The number of benzene rings is 1. The van der Waals surface area contributed by atoms with E-state index in [2.05, 4.69) is 6.58 Å². The zero-order valence-corrected chi connectivity index (χ0v) is 10.4. The van der Waals surface area contributed by atoms with Gasteiger partial charge in [0.05, 0.1) is 7.11 Å². The van der Waals surface area contributed by atoms with Gasteiger partial charge in [-0.1, -0.05) is 6.08 Å². The molecule has 96 valence electrons. The van der Waals surface area contributed by atoms with Gasteiger partial charge in [0.2, 0.25) is 0 Å². The van der Waals surface area contributed by atoms with Crippen LogP contribution in [0.3, 0.4) is 0 Å². The molecule has 0 fully saturated rings. The molecule has 5 heteroatoms. The van der Waals surface area contributed by atoms with Crippen molar-refractivity contribution in [3.05, 3.63) is 42.0 Å². The molecule has 0 aliphatic heterocycles. The third kappa shape index (κ3) is 3.68. The van der Waals surface area contributed by atoms with Gasteiger partial charge in [-0.2, -0.15) is 0 Å². The van der Waals surface area contributed by atoms with Crippen LogP contribution in [0.2, 0.25) is 0 Å². The Morgan fingerprint density at radius 1 is 1.47 bits per heavy atom. The maximum absolute atomic E-state index is 13.7. The minimum atomic E-state index is -0.723. The summed E-state index contributed by atoms with van der Waals surface area (Å²) in [7, 11) is 1.33. The quantitative estimate of drug-likeness (QED) is 0.827. The molecule has 0 heterocycles. The van der Waals surface area contributed by atoms with Crippen LogP contribution in [0.5, 0.6) is 5.75 Å². The number of hydrogen-bond acceptors (Lipinski definition) is 2. The molecule has 0 aromatic heterocycles. The fourth-order valence-corrected chi connectivity index (χ4v) is 1.49. The number of allylic oxidation sites excluding steroid dienone is 1. The zero-order chi connectivity index (χ0) is 12.1. The van der Waals surface area contributed by atoms with E-state index < -0.39 is 17.7 Å². The summed E-state index contributed by atoms with van der Waals surface area (Å²) in [6.07, 6.45) is 2.72. The van der Waals surface area contributed by atoms with Crippen LogP contribution in [0, 0.1) is 11.6 Å². The summed E-state index contributed by atoms with van der Waals surface area (Å²) in [6.45, 7) is 3.54. The highest BCUT2D eigenvalue weighted by Crippen LogP contribution is 2.28. The van der Waals surface area contributed by atoms with Gasteiger partial charge < -0.3 is 10.5 Å². The lowest BCUT2D eigenvalue weighted by atomic mass is 10.0. The van der Waals surface area contributed by atoms with Crippen LogP contribution in [0.25, 0.3) is 0 Å². The van der Waals surface area contributed by atoms with Gasteiger partial charge in [-0.15, -0.1) is 19.0 Å². The van der Waals surface area contributed by atoms with Crippen molar-refractivity contribution in [1.82, 2.24) is 0 Å². The normalized spacial score (nSPS) is 11.5. The van der Waals surface area contributed by atoms with Crippen LogP contribution in [0.15, 0.2) is 24.8 Å². The average Bonchev–Trinajstić information content (AvgIpc) is 2.26. The van der Waals surface area contributed by atoms with Gasteiger partial charge in [-0.25, -0.2) is 8.78 Å². The Morgan fingerprint density at radius 2 is 2.12 bits per heavy atom. The highest BCUT2D eigenvalue weighted by atomic mass is 35.5. The van der Waals surface area contributed by atoms with Crippen molar-refractivity contribution in [2.45, 2.75) is 18.9 Å². The summed E-state index contributed by atoms with van der Waals surface area (Å²) in [5, 5.41) is 0. The van der Waals surface area contributed by atoms with Gasteiger partial charge in [-0.3, -0.25) is 0 Å². The number of nitrogens with two attached hydrogens (primary N) is 1. The molecule has 0 amide bonds. The Balaban J connectivity index is 0.00000256.